The normalized spacial score (nSPS) is 19.4. The summed E-state index contributed by atoms with van der Waals surface area (Å²) in [5, 5.41) is 0.377. The molecule has 1 saturated heterocycles. The summed E-state index contributed by atoms with van der Waals surface area (Å²) < 4.78 is 10.6. The Morgan fingerprint density at radius 2 is 1.82 bits per heavy atom. The highest BCUT2D eigenvalue weighted by Gasteiger charge is 2.60. The molecule has 8 heteroatoms. The third-order valence-electron chi connectivity index (χ3n) is 5.93. The van der Waals surface area contributed by atoms with Gasteiger partial charge in [-0.15, -0.1) is 11.8 Å². The highest BCUT2D eigenvalue weighted by molar-refractivity contribution is 8.02. The molecule has 168 valence electrons. The number of para-hydroxylation sites is 1. The summed E-state index contributed by atoms with van der Waals surface area (Å²) in [5.74, 6) is 1.12. The molecule has 0 N–H and O–H groups in total. The molecule has 33 heavy (non-hydrogen) atoms. The number of hydrogen-bond donors (Lipinski definition) is 0. The lowest BCUT2D eigenvalue weighted by molar-refractivity contribution is -0.123. The fourth-order valence-corrected chi connectivity index (χ4v) is 6.07. The molecule has 0 saturated carbocycles. The van der Waals surface area contributed by atoms with Crippen molar-refractivity contribution in [2.75, 3.05) is 29.8 Å². The molecular formula is C25H21ClN2O4S. The van der Waals surface area contributed by atoms with E-state index in [2.05, 4.69) is 0 Å². The molecule has 1 unspecified atom stereocenters. The second kappa shape index (κ2) is 8.32. The molecular weight excluding hydrogens is 460 g/mol. The third-order valence-corrected chi connectivity index (χ3v) is 7.61. The number of halogens is 1. The standard InChI is InChI=1S/C25H21ClN2O4S/c1-31-18-7-5-6-16(12-18)14-27-21-9-4-3-8-19(21)25(24(27)30)28(23(29)15-33-25)17-10-11-22(32-2)20(26)13-17/h3-13H,14-15H2,1-2H3. The molecule has 3 aromatic rings. The van der Waals surface area contributed by atoms with Crippen LogP contribution in [0, 0.1) is 0 Å². The largest absolute Gasteiger partial charge is 0.497 e. The summed E-state index contributed by atoms with van der Waals surface area (Å²) in [4.78, 5) is 29.4. The Bertz CT molecular complexity index is 1270. The van der Waals surface area contributed by atoms with Gasteiger partial charge in [0, 0.05) is 11.3 Å². The van der Waals surface area contributed by atoms with Crippen LogP contribution < -0.4 is 19.3 Å². The quantitative estimate of drug-likeness (QED) is 0.523. The van der Waals surface area contributed by atoms with Crippen LogP contribution in [0.4, 0.5) is 11.4 Å². The van der Waals surface area contributed by atoms with Crippen molar-refractivity contribution in [3.63, 3.8) is 0 Å². The van der Waals surface area contributed by atoms with Gasteiger partial charge in [-0.25, -0.2) is 0 Å². The van der Waals surface area contributed by atoms with Crippen LogP contribution in [-0.4, -0.2) is 31.8 Å². The molecule has 5 rings (SSSR count). The number of anilines is 2. The van der Waals surface area contributed by atoms with Crippen molar-refractivity contribution < 1.29 is 19.1 Å². The van der Waals surface area contributed by atoms with Crippen LogP contribution in [0.2, 0.25) is 5.02 Å². The van der Waals surface area contributed by atoms with Crippen molar-refractivity contribution in [2.45, 2.75) is 11.4 Å². The first-order valence-electron chi connectivity index (χ1n) is 10.3. The summed E-state index contributed by atoms with van der Waals surface area (Å²) in [6.45, 7) is 0.362. The van der Waals surface area contributed by atoms with Gasteiger partial charge in [-0.2, -0.15) is 0 Å². The van der Waals surface area contributed by atoms with Gasteiger partial charge in [0.25, 0.3) is 5.91 Å². The number of thioether (sulfide) groups is 1. The smallest absolute Gasteiger partial charge is 0.269 e. The lowest BCUT2D eigenvalue weighted by atomic mass is 10.0. The van der Waals surface area contributed by atoms with Crippen molar-refractivity contribution in [3.05, 3.63) is 82.9 Å². The number of benzene rings is 3. The van der Waals surface area contributed by atoms with E-state index in [-0.39, 0.29) is 17.6 Å². The highest BCUT2D eigenvalue weighted by Crippen LogP contribution is 2.56. The van der Waals surface area contributed by atoms with Gasteiger partial charge in [0.05, 0.1) is 37.2 Å². The number of hydrogen-bond acceptors (Lipinski definition) is 5. The van der Waals surface area contributed by atoms with Gasteiger partial charge in [0.2, 0.25) is 10.8 Å². The minimum absolute atomic E-state index is 0.146. The Morgan fingerprint density at radius 1 is 1.00 bits per heavy atom. The molecule has 0 aromatic heterocycles. The number of methoxy groups -OCH3 is 2. The van der Waals surface area contributed by atoms with Crippen LogP contribution in [0.1, 0.15) is 11.1 Å². The van der Waals surface area contributed by atoms with E-state index >= 15 is 0 Å². The van der Waals surface area contributed by atoms with E-state index in [0.717, 1.165) is 22.6 Å². The number of carbonyl (C=O) groups is 2. The Morgan fingerprint density at radius 3 is 2.58 bits per heavy atom. The Labute approximate surface area is 201 Å². The Balaban J connectivity index is 1.61. The molecule has 0 radical (unpaired) electrons. The van der Waals surface area contributed by atoms with Gasteiger partial charge in [0.15, 0.2) is 0 Å². The number of rotatable bonds is 5. The van der Waals surface area contributed by atoms with E-state index in [1.165, 1.54) is 18.9 Å². The van der Waals surface area contributed by atoms with Crippen LogP contribution in [0.15, 0.2) is 66.7 Å². The maximum Gasteiger partial charge on any atom is 0.269 e. The van der Waals surface area contributed by atoms with E-state index in [4.69, 9.17) is 21.1 Å². The van der Waals surface area contributed by atoms with Crippen LogP contribution in [0.25, 0.3) is 0 Å². The van der Waals surface area contributed by atoms with E-state index in [1.54, 1.807) is 35.1 Å². The molecule has 0 aliphatic carbocycles. The fraction of sp³-hybridized carbons (Fsp3) is 0.200. The van der Waals surface area contributed by atoms with Gasteiger partial charge < -0.3 is 14.4 Å². The Kier molecular flexibility index (Phi) is 5.46. The number of nitrogens with zero attached hydrogens (tertiary/aromatic N) is 2. The van der Waals surface area contributed by atoms with Crippen molar-refractivity contribution in [3.8, 4) is 11.5 Å². The van der Waals surface area contributed by atoms with Gasteiger partial charge in [-0.3, -0.25) is 14.5 Å². The van der Waals surface area contributed by atoms with Crippen LogP contribution >= 0.6 is 23.4 Å². The zero-order valence-electron chi connectivity index (χ0n) is 18.1. The third kappa shape index (κ3) is 3.34. The van der Waals surface area contributed by atoms with E-state index in [0.29, 0.717) is 23.0 Å². The summed E-state index contributed by atoms with van der Waals surface area (Å²) in [7, 11) is 3.15. The fourth-order valence-electron chi connectivity index (χ4n) is 4.46. The number of carbonyl (C=O) groups excluding carboxylic acids is 2. The Hall–Kier alpha value is -3.16. The lowest BCUT2D eigenvalue weighted by Crippen LogP contribution is -2.49. The van der Waals surface area contributed by atoms with E-state index in [1.807, 2.05) is 48.5 Å². The monoisotopic (exact) mass is 480 g/mol. The molecule has 0 bridgehead atoms. The van der Waals surface area contributed by atoms with Gasteiger partial charge in [0.1, 0.15) is 11.5 Å². The SMILES string of the molecule is COc1cccc(CN2C(=O)C3(SCC(=O)N3c3ccc(OC)c(Cl)c3)c3ccccc32)c1. The summed E-state index contributed by atoms with van der Waals surface area (Å²) in [6.07, 6.45) is 0. The van der Waals surface area contributed by atoms with Crippen molar-refractivity contribution in [1.82, 2.24) is 0 Å². The maximum absolute atomic E-state index is 14.1. The average molecular weight is 481 g/mol. The van der Waals surface area contributed by atoms with Crippen LogP contribution in [0.3, 0.4) is 0 Å². The second-order valence-electron chi connectivity index (χ2n) is 7.74. The number of fused-ring (bicyclic) bond motifs is 2. The molecule has 6 nitrogen and oxygen atoms in total. The first-order chi connectivity index (χ1) is 16.0. The highest BCUT2D eigenvalue weighted by atomic mass is 35.5. The van der Waals surface area contributed by atoms with Gasteiger partial charge in [-0.05, 0) is 42.0 Å². The first kappa shape index (κ1) is 21.7. The molecule has 3 aromatic carbocycles. The van der Waals surface area contributed by atoms with Crippen molar-refractivity contribution in [2.24, 2.45) is 0 Å². The van der Waals surface area contributed by atoms with Crippen LogP contribution in [-0.2, 0) is 21.0 Å². The molecule has 1 fully saturated rings. The molecule has 2 aliphatic heterocycles. The summed E-state index contributed by atoms with van der Waals surface area (Å²) in [6, 6.07) is 20.4. The van der Waals surface area contributed by atoms with E-state index < -0.39 is 4.87 Å². The summed E-state index contributed by atoms with van der Waals surface area (Å²) in [5.41, 5.74) is 3.07. The molecule has 1 atom stereocenters. The zero-order chi connectivity index (χ0) is 23.2. The van der Waals surface area contributed by atoms with Crippen molar-refractivity contribution >= 4 is 46.6 Å². The first-order valence-corrected chi connectivity index (χ1v) is 11.7. The number of amides is 2. The minimum atomic E-state index is -1.19. The molecule has 2 amide bonds. The lowest BCUT2D eigenvalue weighted by Gasteiger charge is -2.33. The second-order valence-corrected chi connectivity index (χ2v) is 9.32. The average Bonchev–Trinajstić information content (AvgIpc) is 3.30. The van der Waals surface area contributed by atoms with E-state index in [9.17, 15) is 9.59 Å². The predicted octanol–water partition coefficient (Wildman–Crippen LogP) is 4.84. The topological polar surface area (TPSA) is 59.1 Å². The van der Waals surface area contributed by atoms with Crippen molar-refractivity contribution in [1.29, 1.82) is 0 Å². The van der Waals surface area contributed by atoms with Gasteiger partial charge >= 0.3 is 0 Å². The van der Waals surface area contributed by atoms with Gasteiger partial charge in [-0.1, -0.05) is 41.9 Å². The van der Waals surface area contributed by atoms with Crippen LogP contribution in [0.5, 0.6) is 11.5 Å². The molecule has 1 spiro atoms. The predicted molar refractivity (Wildman–Crippen MR) is 130 cm³/mol. The molecule has 2 aliphatic rings. The minimum Gasteiger partial charge on any atom is -0.497 e. The molecule has 2 heterocycles. The number of ether oxygens (including phenoxy) is 2. The zero-order valence-corrected chi connectivity index (χ0v) is 19.7. The maximum atomic E-state index is 14.1. The summed E-state index contributed by atoms with van der Waals surface area (Å²) >= 11 is 7.71.